The Morgan fingerprint density at radius 3 is 1.78 bits per heavy atom. The zero-order chi connectivity index (χ0) is 16.8. The predicted molar refractivity (Wildman–Crippen MR) is 92.3 cm³/mol. The van der Waals surface area contributed by atoms with Gasteiger partial charge in [-0.3, -0.25) is 0 Å². The molecule has 0 heterocycles. The number of methoxy groups -OCH3 is 1. The highest BCUT2D eigenvalue weighted by molar-refractivity contribution is 5.87. The molecule has 0 amide bonds. The second-order valence-corrected chi connectivity index (χ2v) is 5.85. The molecule has 0 fully saturated rings. The summed E-state index contributed by atoms with van der Waals surface area (Å²) >= 11 is 0. The van der Waals surface area contributed by atoms with Crippen molar-refractivity contribution in [2.45, 2.75) is 57.8 Å². The number of benzene rings is 1. The van der Waals surface area contributed by atoms with Crippen molar-refractivity contribution in [2.75, 3.05) is 20.3 Å². The number of rotatable bonds is 14. The van der Waals surface area contributed by atoms with Crippen LogP contribution in [0.2, 0.25) is 0 Å². The third-order valence-corrected chi connectivity index (χ3v) is 3.86. The summed E-state index contributed by atoms with van der Waals surface area (Å²) in [6, 6.07) is 6.58. The summed E-state index contributed by atoms with van der Waals surface area (Å²) in [5.74, 6) is -0.165. The summed E-state index contributed by atoms with van der Waals surface area (Å²) in [6.07, 6.45) is 11.2. The van der Waals surface area contributed by atoms with Gasteiger partial charge in [-0.05, 0) is 37.1 Å². The van der Waals surface area contributed by atoms with Gasteiger partial charge in [0.15, 0.2) is 0 Å². The zero-order valence-electron chi connectivity index (χ0n) is 14.3. The first-order chi connectivity index (χ1) is 11.2. The van der Waals surface area contributed by atoms with E-state index in [4.69, 9.17) is 14.6 Å². The molecule has 0 bridgehead atoms. The van der Waals surface area contributed by atoms with E-state index >= 15 is 0 Å². The average molecular weight is 322 g/mol. The average Bonchev–Trinajstić information content (AvgIpc) is 2.56. The van der Waals surface area contributed by atoms with Gasteiger partial charge >= 0.3 is 5.97 Å². The van der Waals surface area contributed by atoms with Crippen molar-refractivity contribution < 1.29 is 19.4 Å². The number of hydrogen-bond donors (Lipinski definition) is 1. The highest BCUT2D eigenvalue weighted by atomic mass is 16.5. The molecule has 1 aromatic carbocycles. The van der Waals surface area contributed by atoms with Crippen molar-refractivity contribution in [3.8, 4) is 5.75 Å². The molecule has 0 unspecified atom stereocenters. The lowest BCUT2D eigenvalue weighted by atomic mass is 10.1. The Hall–Kier alpha value is -1.55. The largest absolute Gasteiger partial charge is 0.494 e. The molecule has 0 aliphatic rings. The van der Waals surface area contributed by atoms with Gasteiger partial charge in [-0.25, -0.2) is 4.79 Å². The molecule has 1 N–H and O–H groups in total. The van der Waals surface area contributed by atoms with Gasteiger partial charge in [-0.2, -0.15) is 0 Å². The standard InChI is InChI=1S/C19H30O4/c1-22-15-9-7-5-3-2-4-6-8-10-16-23-18-13-11-17(12-14-18)19(20)21/h11-14H,2-10,15-16H2,1H3,(H,20,21). The first-order valence-corrected chi connectivity index (χ1v) is 8.69. The van der Waals surface area contributed by atoms with Crippen LogP contribution in [0.4, 0.5) is 0 Å². The van der Waals surface area contributed by atoms with Crippen LogP contribution >= 0.6 is 0 Å². The second-order valence-electron chi connectivity index (χ2n) is 5.85. The molecule has 1 rings (SSSR count). The maximum atomic E-state index is 10.7. The molecule has 0 radical (unpaired) electrons. The van der Waals surface area contributed by atoms with Crippen LogP contribution in [0.1, 0.15) is 68.1 Å². The van der Waals surface area contributed by atoms with Crippen LogP contribution in [0, 0.1) is 0 Å². The molecule has 4 nitrogen and oxygen atoms in total. The molecule has 0 spiro atoms. The van der Waals surface area contributed by atoms with Gasteiger partial charge in [-0.15, -0.1) is 0 Å². The van der Waals surface area contributed by atoms with E-state index in [-0.39, 0.29) is 0 Å². The summed E-state index contributed by atoms with van der Waals surface area (Å²) in [5.41, 5.74) is 0.291. The summed E-state index contributed by atoms with van der Waals surface area (Å²) in [7, 11) is 1.76. The normalized spacial score (nSPS) is 10.7. The third-order valence-electron chi connectivity index (χ3n) is 3.86. The van der Waals surface area contributed by atoms with Gasteiger partial charge in [-0.1, -0.05) is 44.9 Å². The molecular formula is C19H30O4. The zero-order valence-corrected chi connectivity index (χ0v) is 14.3. The molecule has 0 aliphatic carbocycles. The summed E-state index contributed by atoms with van der Waals surface area (Å²) in [5, 5.41) is 8.82. The molecule has 23 heavy (non-hydrogen) atoms. The number of carboxylic acids is 1. The fraction of sp³-hybridized carbons (Fsp3) is 0.632. The minimum absolute atomic E-state index is 0.291. The number of carbonyl (C=O) groups is 1. The molecular weight excluding hydrogens is 292 g/mol. The van der Waals surface area contributed by atoms with E-state index < -0.39 is 5.97 Å². The van der Waals surface area contributed by atoms with E-state index in [9.17, 15) is 4.79 Å². The lowest BCUT2D eigenvalue weighted by Gasteiger charge is -2.06. The Morgan fingerprint density at radius 1 is 0.826 bits per heavy atom. The Bertz CT molecular complexity index is 414. The smallest absolute Gasteiger partial charge is 0.335 e. The van der Waals surface area contributed by atoms with Crippen LogP contribution in [-0.2, 0) is 4.74 Å². The van der Waals surface area contributed by atoms with Crippen molar-refractivity contribution in [1.29, 1.82) is 0 Å². The highest BCUT2D eigenvalue weighted by Crippen LogP contribution is 2.14. The Morgan fingerprint density at radius 2 is 1.30 bits per heavy atom. The van der Waals surface area contributed by atoms with Gasteiger partial charge in [0.05, 0.1) is 12.2 Å². The van der Waals surface area contributed by atoms with Crippen molar-refractivity contribution in [3.05, 3.63) is 29.8 Å². The summed E-state index contributed by atoms with van der Waals surface area (Å²) in [4.78, 5) is 10.7. The first kappa shape index (κ1) is 19.5. The van der Waals surface area contributed by atoms with Crippen LogP contribution in [-0.4, -0.2) is 31.4 Å². The van der Waals surface area contributed by atoms with Crippen LogP contribution in [0.15, 0.2) is 24.3 Å². The minimum atomic E-state index is -0.907. The number of carboxylic acid groups (broad SMARTS) is 1. The Balaban J connectivity index is 1.90. The van der Waals surface area contributed by atoms with Crippen LogP contribution < -0.4 is 4.74 Å². The van der Waals surface area contributed by atoms with Gasteiger partial charge in [0.1, 0.15) is 5.75 Å². The Labute approximate surface area is 139 Å². The monoisotopic (exact) mass is 322 g/mol. The fourth-order valence-corrected chi connectivity index (χ4v) is 2.47. The maximum Gasteiger partial charge on any atom is 0.335 e. The van der Waals surface area contributed by atoms with Crippen molar-refractivity contribution in [2.24, 2.45) is 0 Å². The van der Waals surface area contributed by atoms with E-state index in [1.165, 1.54) is 51.4 Å². The van der Waals surface area contributed by atoms with E-state index in [0.717, 1.165) is 18.8 Å². The van der Waals surface area contributed by atoms with Crippen LogP contribution in [0.5, 0.6) is 5.75 Å². The number of aromatic carboxylic acids is 1. The van der Waals surface area contributed by atoms with Crippen molar-refractivity contribution in [3.63, 3.8) is 0 Å². The number of unbranched alkanes of at least 4 members (excludes halogenated alkanes) is 8. The topological polar surface area (TPSA) is 55.8 Å². The second kappa shape index (κ2) is 12.9. The van der Waals surface area contributed by atoms with E-state index in [2.05, 4.69) is 0 Å². The minimum Gasteiger partial charge on any atom is -0.494 e. The van der Waals surface area contributed by atoms with Crippen molar-refractivity contribution in [1.82, 2.24) is 0 Å². The SMILES string of the molecule is COCCCCCCCCCCCOc1ccc(C(=O)O)cc1. The van der Waals surface area contributed by atoms with Crippen molar-refractivity contribution >= 4 is 5.97 Å². The van der Waals surface area contributed by atoms with Gasteiger partial charge < -0.3 is 14.6 Å². The summed E-state index contributed by atoms with van der Waals surface area (Å²) in [6.45, 7) is 1.59. The number of ether oxygens (including phenoxy) is 2. The molecule has 1 aromatic rings. The molecule has 0 saturated heterocycles. The van der Waals surface area contributed by atoms with Gasteiger partial charge in [0.2, 0.25) is 0 Å². The fourth-order valence-electron chi connectivity index (χ4n) is 2.47. The van der Waals surface area contributed by atoms with E-state index in [1.54, 1.807) is 31.4 Å². The molecule has 0 atom stereocenters. The Kier molecular flexibility index (Phi) is 11.0. The summed E-state index contributed by atoms with van der Waals surface area (Å²) < 4.78 is 10.7. The lowest BCUT2D eigenvalue weighted by Crippen LogP contribution is -1.99. The molecule has 0 saturated carbocycles. The first-order valence-electron chi connectivity index (χ1n) is 8.69. The van der Waals surface area contributed by atoms with Gasteiger partial charge in [0.25, 0.3) is 0 Å². The van der Waals surface area contributed by atoms with E-state index in [0.29, 0.717) is 12.2 Å². The predicted octanol–water partition coefficient (Wildman–Crippen LogP) is 4.92. The highest BCUT2D eigenvalue weighted by Gasteiger charge is 2.01. The molecule has 0 aromatic heterocycles. The molecule has 130 valence electrons. The number of hydrogen-bond acceptors (Lipinski definition) is 3. The third kappa shape index (κ3) is 9.95. The van der Waals surface area contributed by atoms with Crippen LogP contribution in [0.25, 0.3) is 0 Å². The lowest BCUT2D eigenvalue weighted by molar-refractivity contribution is 0.0697. The molecule has 4 heteroatoms. The van der Waals surface area contributed by atoms with E-state index in [1.807, 2.05) is 0 Å². The van der Waals surface area contributed by atoms with Gasteiger partial charge in [0, 0.05) is 13.7 Å². The molecule has 0 aliphatic heterocycles. The quantitative estimate of drug-likeness (QED) is 0.494. The maximum absolute atomic E-state index is 10.7. The van der Waals surface area contributed by atoms with Crippen LogP contribution in [0.3, 0.4) is 0 Å².